The number of nitrogens with zero attached hydrogens (tertiary/aromatic N) is 2. The van der Waals surface area contributed by atoms with Crippen molar-refractivity contribution in [2.45, 2.75) is 45.3 Å². The highest BCUT2D eigenvalue weighted by Gasteiger charge is 2.32. The van der Waals surface area contributed by atoms with E-state index in [1.54, 1.807) is 12.1 Å². The van der Waals surface area contributed by atoms with Crippen molar-refractivity contribution in [2.24, 2.45) is 5.92 Å². The van der Waals surface area contributed by atoms with Crippen LogP contribution < -0.4 is 0 Å². The SMILES string of the molecule is C=C(/C=C(/c1cc2n(n1)CC[C@@H]2Cc1ccc(F)cc1)C(C)C)C(F)(F)F. The molecular weight excluding hydrogens is 356 g/mol. The molecule has 1 aliphatic rings. The minimum absolute atomic E-state index is 0.115. The van der Waals surface area contributed by atoms with E-state index < -0.39 is 11.7 Å². The molecule has 1 aromatic heterocycles. The first-order chi connectivity index (χ1) is 12.6. The molecule has 1 aliphatic heterocycles. The van der Waals surface area contributed by atoms with Crippen molar-refractivity contribution in [2.75, 3.05) is 0 Å². The third-order valence-electron chi connectivity index (χ3n) is 4.93. The van der Waals surface area contributed by atoms with Crippen LogP contribution in [-0.4, -0.2) is 16.0 Å². The maximum Gasteiger partial charge on any atom is 0.415 e. The van der Waals surface area contributed by atoms with Gasteiger partial charge in [-0.3, -0.25) is 4.68 Å². The van der Waals surface area contributed by atoms with E-state index in [-0.39, 0.29) is 17.7 Å². The number of aryl methyl sites for hydroxylation is 1. The lowest BCUT2D eigenvalue weighted by Crippen LogP contribution is -2.10. The molecule has 0 spiro atoms. The fraction of sp³-hybridized carbons (Fsp3) is 0.381. The lowest BCUT2D eigenvalue weighted by Gasteiger charge is -2.12. The Morgan fingerprint density at radius 2 is 1.96 bits per heavy atom. The normalized spacial score (nSPS) is 17.4. The lowest BCUT2D eigenvalue weighted by atomic mass is 9.93. The molecule has 2 nitrogen and oxygen atoms in total. The summed E-state index contributed by atoms with van der Waals surface area (Å²) in [6, 6.07) is 8.30. The van der Waals surface area contributed by atoms with Gasteiger partial charge in [-0.2, -0.15) is 18.3 Å². The summed E-state index contributed by atoms with van der Waals surface area (Å²) in [5, 5.41) is 4.53. The Labute approximate surface area is 156 Å². The third kappa shape index (κ3) is 4.31. The van der Waals surface area contributed by atoms with Crippen LogP contribution in [0.2, 0.25) is 0 Å². The quantitative estimate of drug-likeness (QED) is 0.467. The molecule has 0 bridgehead atoms. The zero-order valence-corrected chi connectivity index (χ0v) is 15.4. The van der Waals surface area contributed by atoms with Gasteiger partial charge in [-0.05, 0) is 54.2 Å². The monoisotopic (exact) mass is 378 g/mol. The maximum absolute atomic E-state index is 13.1. The van der Waals surface area contributed by atoms with Crippen molar-refractivity contribution in [3.05, 3.63) is 71.3 Å². The standard InChI is InChI=1S/C21H22F4N2/c1-13(2)18(10-14(3)21(23,24)25)19-12-20-16(8-9-27(20)26-19)11-15-4-6-17(22)7-5-15/h4-7,10,12-13,16H,3,8-9,11H2,1-2H3/b18-10+/t16-/m1/s1. The highest BCUT2D eigenvalue weighted by atomic mass is 19.4. The van der Waals surface area contributed by atoms with Crippen LogP contribution in [0.15, 0.2) is 48.6 Å². The minimum atomic E-state index is -4.45. The van der Waals surface area contributed by atoms with Crippen LogP contribution in [0.3, 0.4) is 0 Å². The van der Waals surface area contributed by atoms with Gasteiger partial charge >= 0.3 is 6.18 Å². The molecule has 0 N–H and O–H groups in total. The van der Waals surface area contributed by atoms with Gasteiger partial charge in [0.2, 0.25) is 0 Å². The van der Waals surface area contributed by atoms with Crippen molar-refractivity contribution < 1.29 is 17.6 Å². The molecule has 6 heteroatoms. The van der Waals surface area contributed by atoms with Gasteiger partial charge in [0.25, 0.3) is 0 Å². The van der Waals surface area contributed by atoms with Crippen molar-refractivity contribution in [1.82, 2.24) is 9.78 Å². The zero-order valence-electron chi connectivity index (χ0n) is 15.4. The number of alkyl halides is 3. The second-order valence-electron chi connectivity index (χ2n) is 7.27. The first-order valence-corrected chi connectivity index (χ1v) is 8.95. The molecule has 0 radical (unpaired) electrons. The number of aromatic nitrogens is 2. The van der Waals surface area contributed by atoms with Crippen LogP contribution in [0.25, 0.3) is 5.57 Å². The number of hydrogen-bond donors (Lipinski definition) is 0. The maximum atomic E-state index is 13.1. The molecule has 3 rings (SSSR count). The molecular formula is C21H22F4N2. The van der Waals surface area contributed by atoms with E-state index in [4.69, 9.17) is 0 Å². The van der Waals surface area contributed by atoms with E-state index >= 15 is 0 Å². The lowest BCUT2D eigenvalue weighted by molar-refractivity contribution is -0.0877. The van der Waals surface area contributed by atoms with Gasteiger partial charge in [-0.25, -0.2) is 4.39 Å². The summed E-state index contributed by atoms with van der Waals surface area (Å²) in [5.41, 5.74) is 2.26. The molecule has 1 atom stereocenters. The van der Waals surface area contributed by atoms with Crippen LogP contribution in [0.1, 0.15) is 43.1 Å². The average Bonchev–Trinajstić information content (AvgIpc) is 3.15. The Morgan fingerprint density at radius 1 is 1.30 bits per heavy atom. The molecule has 0 aliphatic carbocycles. The van der Waals surface area contributed by atoms with Gasteiger partial charge in [0.05, 0.1) is 5.69 Å². The van der Waals surface area contributed by atoms with E-state index in [0.29, 0.717) is 11.3 Å². The third-order valence-corrected chi connectivity index (χ3v) is 4.93. The summed E-state index contributed by atoms with van der Waals surface area (Å²) in [4.78, 5) is 0. The molecule has 2 aromatic rings. The molecule has 144 valence electrons. The number of benzene rings is 1. The Hall–Kier alpha value is -2.37. The number of fused-ring (bicyclic) bond motifs is 1. The van der Waals surface area contributed by atoms with E-state index in [1.165, 1.54) is 12.1 Å². The fourth-order valence-corrected chi connectivity index (χ4v) is 3.42. The summed E-state index contributed by atoms with van der Waals surface area (Å²) in [5.74, 6) is -0.166. The predicted octanol–water partition coefficient (Wildman–Crippen LogP) is 5.91. The highest BCUT2D eigenvalue weighted by molar-refractivity contribution is 5.67. The molecule has 2 heterocycles. The number of allylic oxidation sites excluding steroid dienone is 3. The number of hydrogen-bond acceptors (Lipinski definition) is 1. The highest BCUT2D eigenvalue weighted by Crippen LogP contribution is 2.36. The van der Waals surface area contributed by atoms with Crippen molar-refractivity contribution >= 4 is 5.57 Å². The molecule has 0 amide bonds. The Kier molecular flexibility index (Phi) is 5.27. The van der Waals surface area contributed by atoms with Gasteiger partial charge in [-0.1, -0.05) is 32.6 Å². The van der Waals surface area contributed by atoms with Crippen LogP contribution in [0, 0.1) is 11.7 Å². The van der Waals surface area contributed by atoms with E-state index in [9.17, 15) is 17.6 Å². The van der Waals surface area contributed by atoms with Gasteiger partial charge in [-0.15, -0.1) is 0 Å². The summed E-state index contributed by atoms with van der Waals surface area (Å²) < 4.78 is 53.6. The topological polar surface area (TPSA) is 17.8 Å². The first kappa shape index (κ1) is 19.4. The van der Waals surface area contributed by atoms with Gasteiger partial charge in [0.15, 0.2) is 0 Å². The second kappa shape index (κ2) is 7.33. The Balaban J connectivity index is 1.86. The second-order valence-corrected chi connectivity index (χ2v) is 7.27. The summed E-state index contributed by atoms with van der Waals surface area (Å²) in [6.45, 7) is 7.56. The van der Waals surface area contributed by atoms with E-state index in [1.807, 2.05) is 24.6 Å². The van der Waals surface area contributed by atoms with Crippen molar-refractivity contribution in [3.63, 3.8) is 0 Å². The number of rotatable bonds is 5. The van der Waals surface area contributed by atoms with E-state index in [0.717, 1.165) is 36.7 Å². The predicted molar refractivity (Wildman–Crippen MR) is 97.7 cm³/mol. The fourth-order valence-electron chi connectivity index (χ4n) is 3.42. The van der Waals surface area contributed by atoms with Crippen molar-refractivity contribution in [1.29, 1.82) is 0 Å². The molecule has 0 fully saturated rings. The molecule has 0 saturated carbocycles. The summed E-state index contributed by atoms with van der Waals surface area (Å²) in [7, 11) is 0. The summed E-state index contributed by atoms with van der Waals surface area (Å²) >= 11 is 0. The first-order valence-electron chi connectivity index (χ1n) is 8.95. The summed E-state index contributed by atoms with van der Waals surface area (Å²) in [6.07, 6.45) is -1.69. The van der Waals surface area contributed by atoms with Crippen LogP contribution in [0.4, 0.5) is 17.6 Å². The van der Waals surface area contributed by atoms with Gasteiger partial charge in [0.1, 0.15) is 5.82 Å². The molecule has 27 heavy (non-hydrogen) atoms. The van der Waals surface area contributed by atoms with Crippen LogP contribution in [0.5, 0.6) is 0 Å². The number of halogens is 4. The zero-order chi connectivity index (χ0) is 19.8. The largest absolute Gasteiger partial charge is 0.415 e. The van der Waals surface area contributed by atoms with Gasteiger partial charge in [0, 0.05) is 23.7 Å². The Morgan fingerprint density at radius 3 is 2.56 bits per heavy atom. The molecule has 0 unspecified atom stereocenters. The van der Waals surface area contributed by atoms with Crippen LogP contribution >= 0.6 is 0 Å². The smallest absolute Gasteiger partial charge is 0.269 e. The Bertz CT molecular complexity index is 857. The van der Waals surface area contributed by atoms with Gasteiger partial charge < -0.3 is 0 Å². The molecule has 0 saturated heterocycles. The van der Waals surface area contributed by atoms with Crippen LogP contribution in [-0.2, 0) is 13.0 Å². The van der Waals surface area contributed by atoms with Crippen molar-refractivity contribution in [3.8, 4) is 0 Å². The molecule has 1 aromatic carbocycles. The minimum Gasteiger partial charge on any atom is -0.269 e. The average molecular weight is 378 g/mol. The van der Waals surface area contributed by atoms with E-state index in [2.05, 4.69) is 11.7 Å².